The molecule has 23 heavy (non-hydrogen) atoms. The van der Waals surface area contributed by atoms with E-state index in [1.54, 1.807) is 0 Å². The molecule has 0 spiro atoms. The molecule has 0 unspecified atom stereocenters. The highest BCUT2D eigenvalue weighted by molar-refractivity contribution is 5.83. The second-order valence-corrected chi connectivity index (χ2v) is 5.68. The first-order valence-corrected chi connectivity index (χ1v) is 7.83. The number of benzene rings is 2. The Labute approximate surface area is 134 Å². The lowest BCUT2D eigenvalue weighted by atomic mass is 10.1. The van der Waals surface area contributed by atoms with Gasteiger partial charge in [-0.3, -0.25) is 0 Å². The molecule has 2 N–H and O–H groups in total. The van der Waals surface area contributed by atoms with Gasteiger partial charge in [-0.05, 0) is 37.1 Å². The number of nitrogens with one attached hydrogen (secondary N) is 2. The SMILES string of the molecule is Cc1nc2ccccc2nc1NCCc1c[nH]c2ccccc12. The van der Waals surface area contributed by atoms with Crippen molar-refractivity contribution in [1.82, 2.24) is 15.0 Å². The van der Waals surface area contributed by atoms with Gasteiger partial charge in [0.25, 0.3) is 0 Å². The van der Waals surface area contributed by atoms with Crippen LogP contribution in [-0.4, -0.2) is 21.5 Å². The molecule has 2 aromatic carbocycles. The number of hydrogen-bond acceptors (Lipinski definition) is 3. The maximum Gasteiger partial charge on any atom is 0.148 e. The number of aromatic nitrogens is 3. The predicted octanol–water partition coefficient (Wildman–Crippen LogP) is 4.07. The molecule has 0 aliphatic rings. The molecule has 4 aromatic rings. The van der Waals surface area contributed by atoms with E-state index in [9.17, 15) is 0 Å². The van der Waals surface area contributed by atoms with Crippen LogP contribution in [0.4, 0.5) is 5.82 Å². The van der Waals surface area contributed by atoms with Crippen molar-refractivity contribution < 1.29 is 0 Å². The van der Waals surface area contributed by atoms with Crippen LogP contribution in [0.3, 0.4) is 0 Å². The predicted molar refractivity (Wildman–Crippen MR) is 94.8 cm³/mol. The van der Waals surface area contributed by atoms with E-state index < -0.39 is 0 Å². The summed E-state index contributed by atoms with van der Waals surface area (Å²) in [6.45, 7) is 2.82. The van der Waals surface area contributed by atoms with Gasteiger partial charge >= 0.3 is 0 Å². The summed E-state index contributed by atoms with van der Waals surface area (Å²) in [6, 6.07) is 16.3. The van der Waals surface area contributed by atoms with E-state index in [2.05, 4.69) is 50.7 Å². The molecule has 0 amide bonds. The number of anilines is 1. The molecule has 0 aliphatic heterocycles. The zero-order chi connectivity index (χ0) is 15.6. The first kappa shape index (κ1) is 13.8. The highest BCUT2D eigenvalue weighted by Crippen LogP contribution is 2.19. The normalized spacial score (nSPS) is 11.2. The van der Waals surface area contributed by atoms with Crippen molar-refractivity contribution in [1.29, 1.82) is 0 Å². The molecule has 2 aromatic heterocycles. The molecule has 0 atom stereocenters. The summed E-state index contributed by atoms with van der Waals surface area (Å²) in [5.74, 6) is 0.864. The van der Waals surface area contributed by atoms with E-state index in [0.717, 1.165) is 35.5 Å². The number of H-pyrrole nitrogens is 1. The van der Waals surface area contributed by atoms with Gasteiger partial charge in [-0.25, -0.2) is 9.97 Å². The van der Waals surface area contributed by atoms with Crippen LogP contribution in [0.1, 0.15) is 11.3 Å². The molecule has 114 valence electrons. The van der Waals surface area contributed by atoms with Gasteiger partial charge in [0, 0.05) is 23.6 Å². The van der Waals surface area contributed by atoms with Crippen LogP contribution in [0.15, 0.2) is 54.7 Å². The topological polar surface area (TPSA) is 53.6 Å². The van der Waals surface area contributed by atoms with Gasteiger partial charge in [-0.15, -0.1) is 0 Å². The Balaban J connectivity index is 1.52. The van der Waals surface area contributed by atoms with Crippen molar-refractivity contribution >= 4 is 27.8 Å². The third-order valence-electron chi connectivity index (χ3n) is 4.11. The Bertz CT molecular complexity index is 971. The van der Waals surface area contributed by atoms with Crippen LogP contribution in [0.2, 0.25) is 0 Å². The van der Waals surface area contributed by atoms with Gasteiger partial charge in [-0.2, -0.15) is 0 Å². The highest BCUT2D eigenvalue weighted by Gasteiger charge is 2.06. The molecule has 0 bridgehead atoms. The van der Waals surface area contributed by atoms with Gasteiger partial charge in [-0.1, -0.05) is 30.3 Å². The lowest BCUT2D eigenvalue weighted by molar-refractivity contribution is 1.00. The van der Waals surface area contributed by atoms with E-state index in [4.69, 9.17) is 0 Å². The Morgan fingerprint density at radius 3 is 2.57 bits per heavy atom. The van der Waals surface area contributed by atoms with Crippen molar-refractivity contribution in [3.05, 3.63) is 66.0 Å². The molecular weight excluding hydrogens is 284 g/mol. The molecule has 0 saturated carbocycles. The summed E-state index contributed by atoms with van der Waals surface area (Å²) in [4.78, 5) is 12.6. The van der Waals surface area contributed by atoms with Crippen LogP contribution in [0, 0.1) is 6.92 Å². The maximum absolute atomic E-state index is 4.67. The number of fused-ring (bicyclic) bond motifs is 2. The summed E-state index contributed by atoms with van der Waals surface area (Å²) in [6.07, 6.45) is 3.03. The lowest BCUT2D eigenvalue weighted by Crippen LogP contribution is -2.08. The summed E-state index contributed by atoms with van der Waals surface area (Å²) < 4.78 is 0. The van der Waals surface area contributed by atoms with Gasteiger partial charge in [0.15, 0.2) is 0 Å². The first-order valence-electron chi connectivity index (χ1n) is 7.83. The zero-order valence-corrected chi connectivity index (χ0v) is 13.0. The fourth-order valence-corrected chi connectivity index (χ4v) is 2.91. The monoisotopic (exact) mass is 302 g/mol. The minimum Gasteiger partial charge on any atom is -0.368 e. The Hall–Kier alpha value is -2.88. The minimum absolute atomic E-state index is 0.829. The van der Waals surface area contributed by atoms with Gasteiger partial charge in [0.1, 0.15) is 5.82 Å². The first-order chi connectivity index (χ1) is 11.3. The van der Waals surface area contributed by atoms with Crippen molar-refractivity contribution in [3.8, 4) is 0 Å². The molecule has 2 heterocycles. The van der Waals surface area contributed by atoms with Crippen LogP contribution in [0.25, 0.3) is 21.9 Å². The number of nitrogens with zero attached hydrogens (tertiary/aromatic N) is 2. The third kappa shape index (κ3) is 2.63. The Morgan fingerprint density at radius 2 is 1.70 bits per heavy atom. The minimum atomic E-state index is 0.829. The zero-order valence-electron chi connectivity index (χ0n) is 13.0. The van der Waals surface area contributed by atoms with Crippen molar-refractivity contribution in [2.24, 2.45) is 0 Å². The molecule has 4 nitrogen and oxygen atoms in total. The maximum atomic E-state index is 4.67. The van der Waals surface area contributed by atoms with E-state index in [0.29, 0.717) is 0 Å². The lowest BCUT2D eigenvalue weighted by Gasteiger charge is -2.09. The van der Waals surface area contributed by atoms with Crippen LogP contribution < -0.4 is 5.32 Å². The molecule has 0 saturated heterocycles. The fourth-order valence-electron chi connectivity index (χ4n) is 2.91. The van der Waals surface area contributed by atoms with Crippen molar-refractivity contribution in [2.45, 2.75) is 13.3 Å². The molecule has 0 fully saturated rings. The fraction of sp³-hybridized carbons (Fsp3) is 0.158. The van der Waals surface area contributed by atoms with Crippen LogP contribution in [0.5, 0.6) is 0 Å². The van der Waals surface area contributed by atoms with Crippen LogP contribution in [-0.2, 0) is 6.42 Å². The van der Waals surface area contributed by atoms with E-state index in [1.807, 2.05) is 31.2 Å². The largest absolute Gasteiger partial charge is 0.368 e. The van der Waals surface area contributed by atoms with E-state index in [1.165, 1.54) is 16.5 Å². The smallest absolute Gasteiger partial charge is 0.148 e. The van der Waals surface area contributed by atoms with E-state index >= 15 is 0 Å². The molecule has 0 radical (unpaired) electrons. The van der Waals surface area contributed by atoms with Gasteiger partial charge in [0.05, 0.1) is 16.7 Å². The average molecular weight is 302 g/mol. The number of aryl methyl sites for hydroxylation is 1. The van der Waals surface area contributed by atoms with Gasteiger partial charge < -0.3 is 10.3 Å². The summed E-state index contributed by atoms with van der Waals surface area (Å²) in [5.41, 5.74) is 5.30. The standard InChI is InChI=1S/C19H18N4/c1-13-19(23-18-9-5-4-8-17(18)22-13)20-11-10-14-12-21-16-7-3-2-6-15(14)16/h2-9,12,21H,10-11H2,1H3,(H,20,23). The second kappa shape index (κ2) is 5.72. The number of rotatable bonds is 4. The summed E-state index contributed by atoms with van der Waals surface area (Å²) in [5, 5.41) is 4.71. The third-order valence-corrected chi connectivity index (χ3v) is 4.11. The highest BCUT2D eigenvalue weighted by atomic mass is 15.0. The number of aromatic amines is 1. The summed E-state index contributed by atoms with van der Waals surface area (Å²) in [7, 11) is 0. The molecule has 4 heteroatoms. The quantitative estimate of drug-likeness (QED) is 0.597. The number of hydrogen-bond donors (Lipinski definition) is 2. The number of para-hydroxylation sites is 3. The van der Waals surface area contributed by atoms with Crippen molar-refractivity contribution in [2.75, 3.05) is 11.9 Å². The molecular formula is C19H18N4. The summed E-state index contributed by atoms with van der Waals surface area (Å²) >= 11 is 0. The van der Waals surface area contributed by atoms with Crippen molar-refractivity contribution in [3.63, 3.8) is 0 Å². The molecule has 0 aliphatic carbocycles. The van der Waals surface area contributed by atoms with Crippen LogP contribution >= 0.6 is 0 Å². The second-order valence-electron chi connectivity index (χ2n) is 5.68. The Kier molecular flexibility index (Phi) is 3.42. The molecule has 4 rings (SSSR count). The van der Waals surface area contributed by atoms with E-state index in [-0.39, 0.29) is 0 Å². The average Bonchev–Trinajstić information content (AvgIpc) is 2.99. The Morgan fingerprint density at radius 1 is 0.957 bits per heavy atom. The van der Waals surface area contributed by atoms with Gasteiger partial charge in [0.2, 0.25) is 0 Å².